The maximum atomic E-state index is 14.1. The first-order chi connectivity index (χ1) is 10.1. The van der Waals surface area contributed by atoms with Crippen LogP contribution in [-0.2, 0) is 16.0 Å². The van der Waals surface area contributed by atoms with Crippen LogP contribution in [0.5, 0.6) is 5.75 Å². The quantitative estimate of drug-likeness (QED) is 0.472. The first-order valence-corrected chi connectivity index (χ1v) is 7.68. The van der Waals surface area contributed by atoms with E-state index in [1.807, 2.05) is 6.92 Å². The van der Waals surface area contributed by atoms with Gasteiger partial charge in [0.2, 0.25) is 0 Å². The highest BCUT2D eigenvalue weighted by Gasteiger charge is 2.12. The van der Waals surface area contributed by atoms with Crippen LogP contribution in [0.3, 0.4) is 0 Å². The molecule has 3 nitrogen and oxygen atoms in total. The van der Waals surface area contributed by atoms with Crippen molar-refractivity contribution in [3.63, 3.8) is 0 Å². The molecule has 0 N–H and O–H groups in total. The highest BCUT2D eigenvalue weighted by atomic mass is 32.1. The number of rotatable bonds is 6. The molecule has 0 amide bonds. The van der Waals surface area contributed by atoms with Crippen molar-refractivity contribution in [2.75, 3.05) is 20.0 Å². The Balaban J connectivity index is 0. The molecule has 0 fully saturated rings. The van der Waals surface area contributed by atoms with Gasteiger partial charge in [-0.1, -0.05) is 26.8 Å². The topological polar surface area (TPSA) is 35.5 Å². The number of carbonyl (C=O) groups is 1. The summed E-state index contributed by atoms with van der Waals surface area (Å²) in [5.41, 5.74) is 1.23. The van der Waals surface area contributed by atoms with Gasteiger partial charge in [0.1, 0.15) is 0 Å². The third-order valence-corrected chi connectivity index (χ3v) is 2.65. The zero-order valence-electron chi connectivity index (χ0n) is 13.0. The van der Waals surface area contributed by atoms with Gasteiger partial charge in [0, 0.05) is 6.08 Å². The summed E-state index contributed by atoms with van der Waals surface area (Å²) in [4.78, 5) is 11.3. The molecule has 0 atom stereocenters. The Morgan fingerprint density at radius 3 is 2.45 bits per heavy atom. The summed E-state index contributed by atoms with van der Waals surface area (Å²) in [6.45, 7) is 4.03. The molecule has 22 heavy (non-hydrogen) atoms. The number of thiol groups is 1. The maximum absolute atomic E-state index is 14.1. The molecule has 1 rings (SSSR count). The lowest BCUT2D eigenvalue weighted by atomic mass is 10.0. The van der Waals surface area contributed by atoms with Gasteiger partial charge in [-0.15, -0.1) is 0 Å². The molecule has 0 unspecified atom stereocenters. The van der Waals surface area contributed by atoms with Gasteiger partial charge in [-0.25, -0.2) is 9.18 Å². The van der Waals surface area contributed by atoms with E-state index in [0.717, 1.165) is 6.42 Å². The minimum absolute atomic E-state index is 0. The van der Waals surface area contributed by atoms with Gasteiger partial charge >= 0.3 is 5.97 Å². The Kier molecular flexibility index (Phi) is 13.7. The molecule has 0 aliphatic carbocycles. The third-order valence-electron chi connectivity index (χ3n) is 2.65. The van der Waals surface area contributed by atoms with E-state index >= 15 is 0 Å². The Labute approximate surface area is 138 Å². The van der Waals surface area contributed by atoms with Gasteiger partial charge < -0.3 is 9.47 Å². The summed E-state index contributed by atoms with van der Waals surface area (Å²) >= 11 is 3.53. The number of ether oxygens (including phenoxy) is 2. The summed E-state index contributed by atoms with van der Waals surface area (Å²) in [5, 5.41) is 0. The van der Waals surface area contributed by atoms with E-state index in [-0.39, 0.29) is 19.0 Å². The minimum Gasteiger partial charge on any atom is -0.494 e. The fraction of sp³-hybridized carbons (Fsp3) is 0.471. The van der Waals surface area contributed by atoms with Gasteiger partial charge in [0.05, 0.1) is 13.7 Å². The predicted octanol–water partition coefficient (Wildman–Crippen LogP) is 4.55. The first kappa shape index (κ1) is 22.8. The van der Waals surface area contributed by atoms with Crippen molar-refractivity contribution in [3.8, 4) is 5.75 Å². The molecule has 0 heterocycles. The lowest BCUT2D eigenvalue weighted by molar-refractivity contribution is -0.137. The number of esters is 1. The van der Waals surface area contributed by atoms with Crippen LogP contribution in [-0.4, -0.2) is 25.9 Å². The summed E-state index contributed by atoms with van der Waals surface area (Å²) in [5.74, 6) is -0.576. The van der Waals surface area contributed by atoms with E-state index in [2.05, 4.69) is 12.6 Å². The molecular formula is C17H27FO3S. The summed E-state index contributed by atoms with van der Waals surface area (Å²) in [6.07, 6.45) is 5.98. The van der Waals surface area contributed by atoms with Gasteiger partial charge in [0.25, 0.3) is 0 Å². The van der Waals surface area contributed by atoms with Crippen LogP contribution in [0.1, 0.15) is 38.8 Å². The fourth-order valence-electron chi connectivity index (χ4n) is 1.78. The van der Waals surface area contributed by atoms with Crippen molar-refractivity contribution in [2.45, 2.75) is 34.1 Å². The molecule has 1 aromatic carbocycles. The molecule has 0 aromatic heterocycles. The van der Waals surface area contributed by atoms with Crippen LogP contribution < -0.4 is 4.74 Å². The van der Waals surface area contributed by atoms with Crippen LogP contribution in [0.4, 0.5) is 4.39 Å². The molecule has 1 aromatic rings. The van der Waals surface area contributed by atoms with Crippen molar-refractivity contribution >= 4 is 24.7 Å². The van der Waals surface area contributed by atoms with Crippen LogP contribution in [0.25, 0.3) is 6.08 Å². The molecular weight excluding hydrogens is 303 g/mol. The Hall–Kier alpha value is -1.49. The predicted molar refractivity (Wildman–Crippen MR) is 94.3 cm³/mol. The Bertz CT molecular complexity index is 473. The lowest BCUT2D eigenvalue weighted by Gasteiger charge is -2.10. The first-order valence-electron chi connectivity index (χ1n) is 6.78. The number of benzene rings is 1. The Morgan fingerprint density at radius 1 is 1.32 bits per heavy atom. The summed E-state index contributed by atoms with van der Waals surface area (Å²) in [7, 11) is 1.43. The molecule has 0 aliphatic rings. The smallest absolute Gasteiger partial charge is 0.330 e. The number of hydrogen-bond donors (Lipinski definition) is 1. The van der Waals surface area contributed by atoms with Crippen LogP contribution >= 0.6 is 12.6 Å². The van der Waals surface area contributed by atoms with Crippen molar-refractivity contribution < 1.29 is 18.7 Å². The van der Waals surface area contributed by atoms with Gasteiger partial charge in [-0.3, -0.25) is 0 Å². The average molecular weight is 330 g/mol. The highest BCUT2D eigenvalue weighted by molar-refractivity contribution is 7.79. The lowest BCUT2D eigenvalue weighted by Crippen LogP contribution is -2.01. The van der Waals surface area contributed by atoms with Crippen molar-refractivity contribution in [1.82, 2.24) is 0 Å². The zero-order valence-corrected chi connectivity index (χ0v) is 13.9. The second-order valence-electron chi connectivity index (χ2n) is 3.98. The number of hydrogen-bond acceptors (Lipinski definition) is 4. The van der Waals surface area contributed by atoms with E-state index in [0.29, 0.717) is 24.2 Å². The summed E-state index contributed by atoms with van der Waals surface area (Å²) < 4.78 is 23.9. The maximum Gasteiger partial charge on any atom is 0.330 e. The minimum atomic E-state index is -0.429. The second kappa shape index (κ2) is 13.2. The molecule has 0 bridgehead atoms. The molecule has 0 radical (unpaired) electrons. The number of carbonyl (C=O) groups excluding carboxylic acids is 1. The van der Waals surface area contributed by atoms with E-state index in [1.54, 1.807) is 31.4 Å². The highest BCUT2D eigenvalue weighted by Crippen LogP contribution is 2.25. The second-order valence-corrected chi connectivity index (χ2v) is 3.98. The van der Waals surface area contributed by atoms with E-state index in [4.69, 9.17) is 9.47 Å². The van der Waals surface area contributed by atoms with E-state index in [9.17, 15) is 9.18 Å². The number of methoxy groups -OCH3 is 1. The van der Waals surface area contributed by atoms with Gasteiger partial charge in [-0.05, 0) is 42.9 Å². The van der Waals surface area contributed by atoms with Gasteiger partial charge in [-0.2, -0.15) is 12.6 Å². The molecule has 0 spiro atoms. The Morgan fingerprint density at radius 2 is 1.95 bits per heavy atom. The van der Waals surface area contributed by atoms with E-state index < -0.39 is 5.97 Å². The SMILES string of the molecule is C.CCCc1c(/C=C/C(=O)OCC)ccc(OC)c1F.CS. The van der Waals surface area contributed by atoms with Gasteiger partial charge in [0.15, 0.2) is 11.6 Å². The average Bonchev–Trinajstić information content (AvgIpc) is 2.50. The van der Waals surface area contributed by atoms with Crippen LogP contribution in [0.15, 0.2) is 18.2 Å². The van der Waals surface area contributed by atoms with Crippen molar-refractivity contribution in [3.05, 3.63) is 35.2 Å². The standard InChI is InChI=1S/C15H19FO3.CH4S.CH4/c1-4-6-12-11(8-10-14(17)19-5-2)7-9-13(18-3)15(12)16;1-2;/h7-10H,4-6H2,1-3H3;2H,1H3;1H4/b10-8+;;. The van der Waals surface area contributed by atoms with Crippen LogP contribution in [0, 0.1) is 5.82 Å². The molecule has 5 heteroatoms. The normalized spacial score (nSPS) is 9.55. The largest absolute Gasteiger partial charge is 0.494 e. The molecule has 0 aliphatic heterocycles. The summed E-state index contributed by atoms with van der Waals surface area (Å²) in [6, 6.07) is 3.29. The van der Waals surface area contributed by atoms with Crippen molar-refractivity contribution in [1.29, 1.82) is 0 Å². The van der Waals surface area contributed by atoms with Crippen molar-refractivity contribution in [2.24, 2.45) is 0 Å². The number of halogens is 1. The third kappa shape index (κ3) is 6.98. The molecule has 126 valence electrons. The fourth-order valence-corrected chi connectivity index (χ4v) is 1.78. The zero-order chi connectivity index (χ0) is 16.3. The van der Waals surface area contributed by atoms with Crippen LogP contribution in [0.2, 0.25) is 0 Å². The van der Waals surface area contributed by atoms with E-state index in [1.165, 1.54) is 13.2 Å². The molecule has 0 saturated carbocycles. The monoisotopic (exact) mass is 330 g/mol. The molecule has 0 saturated heterocycles.